The molecule has 0 atom stereocenters. The highest BCUT2D eigenvalue weighted by Gasteiger charge is 2.43. The topological polar surface area (TPSA) is 36.4 Å². The highest BCUT2D eigenvalue weighted by atomic mass is 16.2. The molecule has 4 heteroatoms. The molecule has 0 unspecified atom stereocenters. The second-order valence-corrected chi connectivity index (χ2v) is 6.82. The largest absolute Gasteiger partial charge is 0.273 e. The maximum Gasteiger partial charge on any atom is 0.244 e. The Hall–Kier alpha value is -2.64. The minimum atomic E-state index is -0.208. The summed E-state index contributed by atoms with van der Waals surface area (Å²) in [6, 6.07) is 10.1. The van der Waals surface area contributed by atoms with Crippen LogP contribution in [-0.2, 0) is 4.79 Å². The van der Waals surface area contributed by atoms with E-state index in [1.807, 2.05) is 25.9 Å². The molecule has 0 saturated carbocycles. The highest BCUT2D eigenvalue weighted by Crippen LogP contribution is 2.35. The van der Waals surface area contributed by atoms with Crippen LogP contribution in [0.1, 0.15) is 31.4 Å². The molecule has 1 aliphatic heterocycles. The van der Waals surface area contributed by atoms with Crippen molar-refractivity contribution in [3.8, 4) is 23.5 Å². The van der Waals surface area contributed by atoms with Crippen molar-refractivity contribution in [2.45, 2.75) is 32.7 Å². The maximum absolute atomic E-state index is 12.0. The van der Waals surface area contributed by atoms with E-state index in [2.05, 4.69) is 36.0 Å². The standard InChI is InChI=1S/C13H15N3O.C7H6/c1-5-10-7-6-8-14-12(10)16-11(17)9-13(2,3)15(16)4;1-5-2-6-4-7(6)3-5/h1,6-8H,9H2,2-4H3;2-4H,1H3. The minimum absolute atomic E-state index is 0.0210. The zero-order valence-corrected chi connectivity index (χ0v) is 14.5. The quantitative estimate of drug-likeness (QED) is 0.645. The van der Waals surface area contributed by atoms with Gasteiger partial charge in [0.25, 0.3) is 0 Å². The summed E-state index contributed by atoms with van der Waals surface area (Å²) in [5.41, 5.74) is 4.70. The molecule has 0 bridgehead atoms. The number of fused-ring (bicyclic) bond motifs is 1. The lowest BCUT2D eigenvalue weighted by molar-refractivity contribution is -0.118. The first kappa shape index (κ1) is 16.2. The van der Waals surface area contributed by atoms with E-state index in [1.165, 1.54) is 16.7 Å². The number of hydrogen-bond acceptors (Lipinski definition) is 3. The van der Waals surface area contributed by atoms with E-state index in [-0.39, 0.29) is 11.4 Å². The van der Waals surface area contributed by atoms with Gasteiger partial charge in [-0.2, -0.15) is 0 Å². The van der Waals surface area contributed by atoms with Crippen molar-refractivity contribution in [1.29, 1.82) is 0 Å². The SMILES string of the molecule is C#Cc1cccnc1N1C(=O)CC(C)(C)N1C.Cc1cc2cc-2c1. The number of anilines is 1. The number of carbonyl (C=O) groups excluding carboxylic acids is 1. The Kier molecular flexibility index (Phi) is 3.90. The zero-order valence-electron chi connectivity index (χ0n) is 14.5. The first-order valence-corrected chi connectivity index (χ1v) is 7.94. The summed E-state index contributed by atoms with van der Waals surface area (Å²) < 4.78 is 0. The van der Waals surface area contributed by atoms with Crippen molar-refractivity contribution in [1.82, 2.24) is 9.99 Å². The van der Waals surface area contributed by atoms with Crippen LogP contribution in [0.4, 0.5) is 5.82 Å². The van der Waals surface area contributed by atoms with E-state index in [0.717, 1.165) is 0 Å². The van der Waals surface area contributed by atoms with Gasteiger partial charge in [-0.3, -0.25) is 4.79 Å². The summed E-state index contributed by atoms with van der Waals surface area (Å²) >= 11 is 0. The van der Waals surface area contributed by atoms with Crippen LogP contribution in [-0.4, -0.2) is 28.5 Å². The second-order valence-electron chi connectivity index (χ2n) is 6.82. The Labute approximate surface area is 143 Å². The Morgan fingerprint density at radius 2 is 1.92 bits per heavy atom. The maximum atomic E-state index is 12.0. The third-order valence-electron chi connectivity index (χ3n) is 4.47. The zero-order chi connectivity index (χ0) is 17.5. The molecule has 4 rings (SSSR count). The number of rotatable bonds is 1. The fraction of sp³-hybridized carbons (Fsp3) is 0.300. The van der Waals surface area contributed by atoms with Crippen molar-refractivity contribution in [2.24, 2.45) is 0 Å². The van der Waals surface area contributed by atoms with Gasteiger partial charge < -0.3 is 0 Å². The Balaban J connectivity index is 0.000000198. The predicted octanol–water partition coefficient (Wildman–Crippen LogP) is 3.40. The van der Waals surface area contributed by atoms with Gasteiger partial charge in [-0.15, -0.1) is 6.42 Å². The molecule has 122 valence electrons. The number of aromatic nitrogens is 1. The van der Waals surface area contributed by atoms with Crippen LogP contribution in [0.25, 0.3) is 11.1 Å². The van der Waals surface area contributed by atoms with Gasteiger partial charge in [0.15, 0.2) is 5.82 Å². The highest BCUT2D eigenvalue weighted by molar-refractivity contribution is 5.95. The van der Waals surface area contributed by atoms with Crippen molar-refractivity contribution in [3.63, 3.8) is 0 Å². The van der Waals surface area contributed by atoms with Gasteiger partial charge in [-0.05, 0) is 55.7 Å². The lowest BCUT2D eigenvalue weighted by Gasteiger charge is -2.32. The molecule has 1 aromatic rings. The number of hydrazine groups is 1. The molecule has 1 amide bonds. The summed E-state index contributed by atoms with van der Waals surface area (Å²) in [5.74, 6) is 3.11. The van der Waals surface area contributed by atoms with Crippen LogP contribution in [0.5, 0.6) is 0 Å². The van der Waals surface area contributed by atoms with E-state index in [1.54, 1.807) is 23.3 Å². The predicted molar refractivity (Wildman–Crippen MR) is 96.3 cm³/mol. The molecule has 1 fully saturated rings. The molecule has 3 aliphatic rings. The number of carbonyl (C=O) groups is 1. The van der Waals surface area contributed by atoms with Crippen molar-refractivity contribution in [3.05, 3.63) is 47.7 Å². The summed E-state index contributed by atoms with van der Waals surface area (Å²) in [6.45, 7) is 6.16. The number of benzene rings is 1. The van der Waals surface area contributed by atoms with Gasteiger partial charge in [0.2, 0.25) is 5.91 Å². The molecule has 0 radical (unpaired) electrons. The van der Waals surface area contributed by atoms with Crippen LogP contribution in [0, 0.1) is 19.3 Å². The summed E-state index contributed by atoms with van der Waals surface area (Å²) in [5, 5.41) is 3.45. The van der Waals surface area contributed by atoms with E-state index in [9.17, 15) is 4.79 Å². The fourth-order valence-electron chi connectivity index (χ4n) is 2.85. The van der Waals surface area contributed by atoms with Gasteiger partial charge in [0.1, 0.15) is 0 Å². The van der Waals surface area contributed by atoms with Gasteiger partial charge in [-0.1, -0.05) is 18.1 Å². The lowest BCUT2D eigenvalue weighted by atomic mass is 10.0. The third-order valence-corrected chi connectivity index (χ3v) is 4.47. The van der Waals surface area contributed by atoms with Crippen molar-refractivity contribution >= 4 is 11.7 Å². The smallest absolute Gasteiger partial charge is 0.244 e. The molecule has 24 heavy (non-hydrogen) atoms. The minimum Gasteiger partial charge on any atom is -0.273 e. The normalized spacial score (nSPS) is 17.1. The number of nitrogens with zero attached hydrogens (tertiary/aromatic N) is 3. The number of terminal acetylenes is 1. The first-order valence-electron chi connectivity index (χ1n) is 7.94. The average molecular weight is 319 g/mol. The van der Waals surface area contributed by atoms with E-state index in [4.69, 9.17) is 6.42 Å². The number of aryl methyl sites for hydroxylation is 1. The van der Waals surface area contributed by atoms with Crippen molar-refractivity contribution < 1.29 is 4.79 Å². The Morgan fingerprint density at radius 1 is 1.25 bits per heavy atom. The van der Waals surface area contributed by atoms with Gasteiger partial charge in [0.05, 0.1) is 5.56 Å². The molecule has 0 spiro atoms. The fourth-order valence-corrected chi connectivity index (χ4v) is 2.85. The number of pyridine rings is 1. The molecule has 1 aromatic heterocycles. The monoisotopic (exact) mass is 319 g/mol. The molecule has 2 heterocycles. The van der Waals surface area contributed by atoms with Crippen LogP contribution in [0.15, 0.2) is 36.5 Å². The molecule has 0 aromatic carbocycles. The molecule has 2 aliphatic carbocycles. The Bertz CT molecular complexity index is 828. The van der Waals surface area contributed by atoms with Crippen molar-refractivity contribution in [2.75, 3.05) is 12.1 Å². The first-order chi connectivity index (χ1) is 11.3. The Morgan fingerprint density at radius 3 is 2.38 bits per heavy atom. The average Bonchev–Trinajstić information content (AvgIpc) is 3.08. The molecule has 0 N–H and O–H groups in total. The van der Waals surface area contributed by atoms with Gasteiger partial charge in [-0.25, -0.2) is 15.0 Å². The van der Waals surface area contributed by atoms with Gasteiger partial charge >= 0.3 is 0 Å². The van der Waals surface area contributed by atoms with Crippen LogP contribution in [0.3, 0.4) is 0 Å². The van der Waals surface area contributed by atoms with Crippen LogP contribution < -0.4 is 5.01 Å². The number of amides is 1. The molecule has 1 saturated heterocycles. The van der Waals surface area contributed by atoms with Crippen LogP contribution >= 0.6 is 0 Å². The summed E-state index contributed by atoms with van der Waals surface area (Å²) in [7, 11) is 1.87. The van der Waals surface area contributed by atoms with E-state index >= 15 is 0 Å². The lowest BCUT2D eigenvalue weighted by Crippen LogP contribution is -2.45. The summed E-state index contributed by atoms with van der Waals surface area (Å²) in [4.78, 5) is 16.3. The molecular formula is C20H21N3O. The third kappa shape index (κ3) is 2.91. The second kappa shape index (κ2) is 5.77. The van der Waals surface area contributed by atoms with E-state index < -0.39 is 0 Å². The molecule has 4 nitrogen and oxygen atoms in total. The van der Waals surface area contributed by atoms with Crippen LogP contribution in [0.2, 0.25) is 0 Å². The van der Waals surface area contributed by atoms with E-state index in [0.29, 0.717) is 17.8 Å². The van der Waals surface area contributed by atoms with Gasteiger partial charge in [0, 0.05) is 25.2 Å². The summed E-state index contributed by atoms with van der Waals surface area (Å²) in [6.07, 6.45) is 7.53. The molecular weight excluding hydrogens is 298 g/mol. The number of hydrogen-bond donors (Lipinski definition) is 0.